The zero-order chi connectivity index (χ0) is 13.1. The van der Waals surface area contributed by atoms with Gasteiger partial charge >= 0.3 is 0 Å². The summed E-state index contributed by atoms with van der Waals surface area (Å²) in [5.41, 5.74) is 6.59. The molecule has 0 aliphatic heterocycles. The lowest BCUT2D eigenvalue weighted by Crippen LogP contribution is -2.24. The summed E-state index contributed by atoms with van der Waals surface area (Å²) in [5.74, 6) is 0.0135. The Morgan fingerprint density at radius 1 is 1.61 bits per heavy atom. The van der Waals surface area contributed by atoms with E-state index >= 15 is 0 Å². The first-order valence-corrected chi connectivity index (χ1v) is 6.12. The molecule has 0 bridgehead atoms. The van der Waals surface area contributed by atoms with Gasteiger partial charge in [-0.05, 0) is 6.07 Å². The highest BCUT2D eigenvalue weighted by molar-refractivity contribution is 7.18. The number of hydrogen-bond donors (Lipinski definition) is 3. The molecule has 0 unspecified atom stereocenters. The fourth-order valence-corrected chi connectivity index (χ4v) is 2.18. The molecule has 0 saturated carbocycles. The van der Waals surface area contributed by atoms with E-state index in [-0.39, 0.29) is 11.7 Å². The van der Waals surface area contributed by atoms with Crippen molar-refractivity contribution in [2.75, 3.05) is 18.1 Å². The van der Waals surface area contributed by atoms with Crippen molar-refractivity contribution < 1.29 is 4.79 Å². The van der Waals surface area contributed by atoms with Gasteiger partial charge in [0, 0.05) is 20.3 Å². The Labute approximate surface area is 108 Å². The Morgan fingerprint density at radius 3 is 2.94 bits per heavy atom. The average molecular weight is 266 g/mol. The van der Waals surface area contributed by atoms with Crippen molar-refractivity contribution in [2.24, 2.45) is 7.05 Å². The molecule has 4 N–H and O–H groups in total. The Balaban J connectivity index is 2.03. The van der Waals surface area contributed by atoms with Crippen LogP contribution in [0.1, 0.15) is 15.4 Å². The molecule has 0 atom stereocenters. The third-order valence-electron chi connectivity index (χ3n) is 2.43. The lowest BCUT2D eigenvalue weighted by Gasteiger charge is -2.04. The molecule has 2 heterocycles. The number of aromatic nitrogens is 3. The third kappa shape index (κ3) is 2.43. The number of anilines is 2. The zero-order valence-electron chi connectivity index (χ0n) is 10.1. The number of nitrogen functional groups attached to an aromatic ring is 1. The van der Waals surface area contributed by atoms with Crippen molar-refractivity contribution >= 4 is 28.2 Å². The minimum absolute atomic E-state index is 0.229. The van der Waals surface area contributed by atoms with Gasteiger partial charge in [0.1, 0.15) is 10.7 Å². The van der Waals surface area contributed by atoms with Crippen LogP contribution in [0.15, 0.2) is 12.3 Å². The molecule has 0 aliphatic carbocycles. The van der Waals surface area contributed by atoms with Crippen molar-refractivity contribution in [3.05, 3.63) is 22.8 Å². The molecule has 0 spiro atoms. The number of hydrogen-bond acceptors (Lipinski definition) is 6. The highest BCUT2D eigenvalue weighted by Gasteiger charge is 2.15. The summed E-state index contributed by atoms with van der Waals surface area (Å²) < 4.78 is 1.70. The summed E-state index contributed by atoms with van der Waals surface area (Å²) >= 11 is 1.23. The smallest absolute Gasteiger partial charge is 0.265 e. The van der Waals surface area contributed by atoms with Gasteiger partial charge in [-0.3, -0.25) is 9.48 Å². The fraction of sp³-hybridized carbons (Fsp3) is 0.300. The SMILES string of the molecule is CNc1nc(N)c(C(=O)NCc2ccnn2C)s1. The summed E-state index contributed by atoms with van der Waals surface area (Å²) in [6.07, 6.45) is 1.68. The first kappa shape index (κ1) is 12.4. The second kappa shape index (κ2) is 5.05. The van der Waals surface area contributed by atoms with Crippen LogP contribution < -0.4 is 16.4 Å². The first-order chi connectivity index (χ1) is 8.61. The molecule has 0 aromatic carbocycles. The topological polar surface area (TPSA) is 97.9 Å². The van der Waals surface area contributed by atoms with E-state index in [1.807, 2.05) is 13.1 Å². The summed E-state index contributed by atoms with van der Waals surface area (Å²) in [6, 6.07) is 1.84. The normalized spacial score (nSPS) is 10.3. The highest BCUT2D eigenvalue weighted by Crippen LogP contribution is 2.24. The Bertz CT molecular complexity index is 560. The Kier molecular flexibility index (Phi) is 3.47. The van der Waals surface area contributed by atoms with Crippen molar-refractivity contribution in [1.82, 2.24) is 20.1 Å². The van der Waals surface area contributed by atoms with Crippen molar-refractivity contribution in [1.29, 1.82) is 0 Å². The van der Waals surface area contributed by atoms with Gasteiger partial charge in [-0.2, -0.15) is 5.10 Å². The van der Waals surface area contributed by atoms with Gasteiger partial charge < -0.3 is 16.4 Å². The number of nitrogens with two attached hydrogens (primary N) is 1. The van der Waals surface area contributed by atoms with Gasteiger partial charge in [-0.1, -0.05) is 11.3 Å². The molecule has 8 heteroatoms. The summed E-state index contributed by atoms with van der Waals surface area (Å²) in [4.78, 5) is 16.4. The number of nitrogens with zero attached hydrogens (tertiary/aromatic N) is 3. The molecule has 1 amide bonds. The molecule has 96 valence electrons. The van der Waals surface area contributed by atoms with E-state index in [4.69, 9.17) is 5.73 Å². The zero-order valence-corrected chi connectivity index (χ0v) is 10.9. The van der Waals surface area contributed by atoms with E-state index in [1.54, 1.807) is 17.9 Å². The van der Waals surface area contributed by atoms with Gasteiger partial charge in [0.15, 0.2) is 5.13 Å². The minimum Gasteiger partial charge on any atom is -0.382 e. The summed E-state index contributed by atoms with van der Waals surface area (Å²) in [7, 11) is 3.55. The number of carbonyl (C=O) groups excluding carboxylic acids is 1. The predicted molar refractivity (Wildman–Crippen MR) is 70.5 cm³/mol. The second-order valence-electron chi connectivity index (χ2n) is 3.61. The predicted octanol–water partition coefficient (Wildman–Crippen LogP) is 0.430. The number of aryl methyl sites for hydroxylation is 1. The molecule has 2 aromatic rings. The van der Waals surface area contributed by atoms with Crippen LogP contribution in [0.4, 0.5) is 10.9 Å². The fourth-order valence-electron chi connectivity index (χ4n) is 1.43. The van der Waals surface area contributed by atoms with Crippen LogP contribution in [0.3, 0.4) is 0 Å². The van der Waals surface area contributed by atoms with E-state index in [2.05, 4.69) is 20.7 Å². The molecule has 0 radical (unpaired) electrons. The van der Waals surface area contributed by atoms with Gasteiger partial charge in [-0.15, -0.1) is 0 Å². The molecule has 7 nitrogen and oxygen atoms in total. The summed E-state index contributed by atoms with van der Waals surface area (Å²) in [5, 5.41) is 10.3. The highest BCUT2D eigenvalue weighted by atomic mass is 32.1. The van der Waals surface area contributed by atoms with Crippen molar-refractivity contribution in [3.8, 4) is 0 Å². The second-order valence-corrected chi connectivity index (χ2v) is 4.61. The Hall–Kier alpha value is -2.09. The largest absolute Gasteiger partial charge is 0.382 e. The monoisotopic (exact) mass is 266 g/mol. The van der Waals surface area contributed by atoms with Gasteiger partial charge in [-0.25, -0.2) is 4.98 Å². The van der Waals surface area contributed by atoms with Gasteiger partial charge in [0.2, 0.25) is 0 Å². The maximum atomic E-state index is 11.9. The van der Waals surface area contributed by atoms with Gasteiger partial charge in [0.05, 0.1) is 12.2 Å². The van der Waals surface area contributed by atoms with Crippen molar-refractivity contribution in [2.45, 2.75) is 6.54 Å². The van der Waals surface area contributed by atoms with E-state index in [9.17, 15) is 4.79 Å². The van der Waals surface area contributed by atoms with Crippen LogP contribution >= 0.6 is 11.3 Å². The Morgan fingerprint density at radius 2 is 2.39 bits per heavy atom. The van der Waals surface area contributed by atoms with Crippen LogP contribution in [0.2, 0.25) is 0 Å². The molecule has 0 saturated heterocycles. The van der Waals surface area contributed by atoms with Crippen LogP contribution in [0.5, 0.6) is 0 Å². The lowest BCUT2D eigenvalue weighted by molar-refractivity contribution is 0.0955. The van der Waals surface area contributed by atoms with Crippen LogP contribution in [0.25, 0.3) is 0 Å². The molecular weight excluding hydrogens is 252 g/mol. The maximum absolute atomic E-state index is 11.9. The standard InChI is InChI=1S/C10H14N6OS/c1-12-10-15-8(11)7(18-10)9(17)13-5-6-3-4-14-16(6)2/h3-4H,5,11H2,1-2H3,(H,12,15)(H,13,17). The van der Waals surface area contributed by atoms with Crippen molar-refractivity contribution in [3.63, 3.8) is 0 Å². The molecule has 0 aliphatic rings. The minimum atomic E-state index is -0.229. The molecular formula is C10H14N6OS. The first-order valence-electron chi connectivity index (χ1n) is 5.31. The third-order valence-corrected chi connectivity index (χ3v) is 3.51. The van der Waals surface area contributed by atoms with Gasteiger partial charge in [0.25, 0.3) is 5.91 Å². The number of nitrogens with one attached hydrogen (secondary N) is 2. The number of amides is 1. The van der Waals surface area contributed by atoms with Crippen LogP contribution in [0, 0.1) is 0 Å². The number of thiazole rings is 1. The van der Waals surface area contributed by atoms with Crippen LogP contribution in [-0.2, 0) is 13.6 Å². The van der Waals surface area contributed by atoms with E-state index in [0.717, 1.165) is 5.69 Å². The molecule has 0 fully saturated rings. The number of carbonyl (C=O) groups is 1. The van der Waals surface area contributed by atoms with E-state index < -0.39 is 0 Å². The molecule has 18 heavy (non-hydrogen) atoms. The van der Waals surface area contributed by atoms with E-state index in [0.29, 0.717) is 16.6 Å². The molecule has 2 rings (SSSR count). The molecule has 2 aromatic heterocycles. The summed E-state index contributed by atoms with van der Waals surface area (Å²) in [6.45, 7) is 0.404. The maximum Gasteiger partial charge on any atom is 0.265 e. The van der Waals surface area contributed by atoms with Crippen LogP contribution in [-0.4, -0.2) is 27.7 Å². The quantitative estimate of drug-likeness (QED) is 0.745. The average Bonchev–Trinajstić information content (AvgIpc) is 2.92. The number of rotatable bonds is 4. The van der Waals surface area contributed by atoms with E-state index in [1.165, 1.54) is 11.3 Å². The lowest BCUT2D eigenvalue weighted by atomic mass is 10.4.